The highest BCUT2D eigenvalue weighted by Crippen LogP contribution is 2.31. The minimum atomic E-state index is -0.619. The summed E-state index contributed by atoms with van der Waals surface area (Å²) >= 11 is 0. The molecule has 0 aromatic heterocycles. The third kappa shape index (κ3) is 7.83. The minimum Gasteiger partial charge on any atom is -0.444 e. The molecule has 0 radical (unpaired) electrons. The number of amides is 2. The molecule has 1 aliphatic rings. The summed E-state index contributed by atoms with van der Waals surface area (Å²) in [6, 6.07) is 12.8. The number of hydrogen-bond acceptors (Lipinski definition) is 5. The van der Waals surface area contributed by atoms with Gasteiger partial charge in [-0.1, -0.05) is 36.4 Å². The molecule has 0 heterocycles. The molecule has 0 saturated heterocycles. The minimum absolute atomic E-state index is 0.366. The number of carbonyl (C=O) groups is 2. The van der Waals surface area contributed by atoms with E-state index in [9.17, 15) is 9.59 Å². The standard InChI is InChI=1S/C29H35N3O4/c1-28(2,3)35-26(33)31-21-14-12-19(13-15-21)23-17-16-22(32-27(34)36-29(4,5)6)18-24(23)25(30)20-10-8-7-9-11-20/h8,10-18,30H,7,9H2,1-6H3,(H,31,33)(H,32,34). The van der Waals surface area contributed by atoms with Gasteiger partial charge in [-0.2, -0.15) is 0 Å². The lowest BCUT2D eigenvalue weighted by Gasteiger charge is -2.21. The van der Waals surface area contributed by atoms with Crippen LogP contribution in [0.1, 0.15) is 59.9 Å². The van der Waals surface area contributed by atoms with Crippen molar-refractivity contribution in [3.05, 3.63) is 71.8 Å². The predicted octanol–water partition coefficient (Wildman–Crippen LogP) is 7.69. The molecule has 0 bridgehead atoms. The van der Waals surface area contributed by atoms with Gasteiger partial charge in [0.15, 0.2) is 0 Å². The number of allylic oxidation sites excluding steroid dienone is 4. The molecule has 190 valence electrons. The maximum absolute atomic E-state index is 12.3. The van der Waals surface area contributed by atoms with Crippen LogP contribution in [0.5, 0.6) is 0 Å². The Labute approximate surface area is 213 Å². The first-order chi connectivity index (χ1) is 16.8. The van der Waals surface area contributed by atoms with Crippen LogP contribution >= 0.6 is 0 Å². The molecule has 7 heteroatoms. The average molecular weight is 490 g/mol. The van der Waals surface area contributed by atoms with E-state index in [1.807, 2.05) is 51.1 Å². The Bertz CT molecular complexity index is 1200. The van der Waals surface area contributed by atoms with Crippen molar-refractivity contribution >= 4 is 29.3 Å². The summed E-state index contributed by atoms with van der Waals surface area (Å²) in [6.45, 7) is 10.8. The van der Waals surface area contributed by atoms with Crippen LogP contribution in [0.15, 0.2) is 66.3 Å². The fourth-order valence-corrected chi connectivity index (χ4v) is 3.61. The van der Waals surface area contributed by atoms with Crippen molar-refractivity contribution in [2.24, 2.45) is 0 Å². The highest BCUT2D eigenvalue weighted by Gasteiger charge is 2.19. The first kappa shape index (κ1) is 26.7. The molecule has 0 spiro atoms. The SMILES string of the molecule is CC(C)(C)OC(=O)Nc1ccc(-c2ccc(NC(=O)OC(C)(C)C)cc2C(=N)C2=CCCC=C2)cc1. The van der Waals surface area contributed by atoms with E-state index in [4.69, 9.17) is 14.9 Å². The van der Waals surface area contributed by atoms with Gasteiger partial charge in [0.05, 0.1) is 5.71 Å². The van der Waals surface area contributed by atoms with E-state index in [1.165, 1.54) is 0 Å². The van der Waals surface area contributed by atoms with Crippen molar-refractivity contribution in [3.63, 3.8) is 0 Å². The van der Waals surface area contributed by atoms with Gasteiger partial charge in [0.25, 0.3) is 0 Å². The molecular formula is C29H35N3O4. The highest BCUT2D eigenvalue weighted by atomic mass is 16.6. The van der Waals surface area contributed by atoms with Crippen molar-refractivity contribution in [2.45, 2.75) is 65.6 Å². The monoisotopic (exact) mass is 489 g/mol. The van der Waals surface area contributed by atoms with Gasteiger partial charge >= 0.3 is 12.2 Å². The van der Waals surface area contributed by atoms with Crippen LogP contribution in [-0.2, 0) is 9.47 Å². The van der Waals surface area contributed by atoms with Gasteiger partial charge in [0, 0.05) is 16.9 Å². The fraction of sp³-hybridized carbons (Fsp3) is 0.345. The van der Waals surface area contributed by atoms with Crippen LogP contribution in [0, 0.1) is 5.41 Å². The summed E-state index contributed by atoms with van der Waals surface area (Å²) < 4.78 is 10.7. The van der Waals surface area contributed by atoms with Gasteiger partial charge in [0.2, 0.25) is 0 Å². The Morgan fingerprint density at radius 3 is 1.89 bits per heavy atom. The molecule has 36 heavy (non-hydrogen) atoms. The first-order valence-corrected chi connectivity index (χ1v) is 12.0. The Balaban J connectivity index is 1.91. The van der Waals surface area contributed by atoms with Crippen molar-refractivity contribution in [2.75, 3.05) is 10.6 Å². The normalized spacial score (nSPS) is 13.4. The van der Waals surface area contributed by atoms with Gasteiger partial charge in [-0.15, -0.1) is 0 Å². The van der Waals surface area contributed by atoms with E-state index >= 15 is 0 Å². The Hall–Kier alpha value is -3.87. The number of benzene rings is 2. The molecule has 3 N–H and O–H groups in total. The zero-order valence-corrected chi connectivity index (χ0v) is 21.8. The number of carbonyl (C=O) groups excluding carboxylic acids is 2. The van der Waals surface area contributed by atoms with E-state index < -0.39 is 23.4 Å². The molecule has 2 aromatic carbocycles. The number of ether oxygens (including phenoxy) is 2. The topological polar surface area (TPSA) is 101 Å². The number of nitrogens with one attached hydrogen (secondary N) is 3. The van der Waals surface area contributed by atoms with Gasteiger partial charge in [-0.05, 0) is 95.3 Å². The maximum atomic E-state index is 12.3. The zero-order chi connectivity index (χ0) is 26.5. The van der Waals surface area contributed by atoms with Crippen molar-refractivity contribution < 1.29 is 19.1 Å². The highest BCUT2D eigenvalue weighted by molar-refractivity contribution is 6.16. The third-order valence-electron chi connectivity index (χ3n) is 5.06. The summed E-state index contributed by atoms with van der Waals surface area (Å²) in [4.78, 5) is 24.4. The van der Waals surface area contributed by atoms with Crippen molar-refractivity contribution in [1.82, 2.24) is 0 Å². The van der Waals surface area contributed by atoms with Gasteiger partial charge in [-0.25, -0.2) is 9.59 Å². The molecule has 7 nitrogen and oxygen atoms in total. The first-order valence-electron chi connectivity index (χ1n) is 12.0. The molecule has 1 aliphatic carbocycles. The van der Waals surface area contributed by atoms with Crippen LogP contribution in [0.25, 0.3) is 11.1 Å². The summed E-state index contributed by atoms with van der Waals surface area (Å²) in [7, 11) is 0. The molecule has 0 aliphatic heterocycles. The summed E-state index contributed by atoms with van der Waals surface area (Å²) in [5.74, 6) is 0. The second-order valence-corrected chi connectivity index (χ2v) is 10.6. The Morgan fingerprint density at radius 1 is 0.806 bits per heavy atom. The lowest BCUT2D eigenvalue weighted by molar-refractivity contribution is 0.0624. The van der Waals surface area contributed by atoms with E-state index in [0.29, 0.717) is 22.6 Å². The van der Waals surface area contributed by atoms with Crippen LogP contribution in [-0.4, -0.2) is 29.1 Å². The Kier molecular flexibility index (Phi) is 8.03. The van der Waals surface area contributed by atoms with E-state index in [1.54, 1.807) is 45.0 Å². The lowest BCUT2D eigenvalue weighted by atomic mass is 9.91. The van der Waals surface area contributed by atoms with Gasteiger partial charge in [-0.3, -0.25) is 16.0 Å². The predicted molar refractivity (Wildman–Crippen MR) is 145 cm³/mol. The number of anilines is 2. The van der Waals surface area contributed by atoms with Crippen molar-refractivity contribution in [3.8, 4) is 11.1 Å². The summed E-state index contributed by atoms with van der Waals surface area (Å²) in [5.41, 5.74) is 3.51. The molecule has 0 saturated carbocycles. The average Bonchev–Trinajstić information content (AvgIpc) is 2.77. The summed E-state index contributed by atoms with van der Waals surface area (Å²) in [6.07, 6.45) is 6.82. The second-order valence-electron chi connectivity index (χ2n) is 10.6. The molecule has 3 rings (SSSR count). The summed E-state index contributed by atoms with van der Waals surface area (Å²) in [5, 5.41) is 14.4. The van der Waals surface area contributed by atoms with E-state index in [-0.39, 0.29) is 0 Å². The van der Waals surface area contributed by atoms with Crippen LogP contribution < -0.4 is 10.6 Å². The third-order valence-corrected chi connectivity index (χ3v) is 5.06. The molecule has 0 atom stereocenters. The number of rotatable bonds is 5. The van der Waals surface area contributed by atoms with Gasteiger partial charge < -0.3 is 9.47 Å². The molecule has 2 amide bonds. The lowest BCUT2D eigenvalue weighted by Crippen LogP contribution is -2.27. The quantitative estimate of drug-likeness (QED) is 0.375. The molecule has 0 fully saturated rings. The second kappa shape index (κ2) is 10.8. The molecular weight excluding hydrogens is 454 g/mol. The van der Waals surface area contributed by atoms with E-state index in [2.05, 4.69) is 16.7 Å². The van der Waals surface area contributed by atoms with Crippen LogP contribution in [0.2, 0.25) is 0 Å². The van der Waals surface area contributed by atoms with Crippen LogP contribution in [0.3, 0.4) is 0 Å². The van der Waals surface area contributed by atoms with Crippen LogP contribution in [0.4, 0.5) is 21.0 Å². The largest absolute Gasteiger partial charge is 0.444 e. The zero-order valence-electron chi connectivity index (χ0n) is 21.8. The molecule has 2 aromatic rings. The van der Waals surface area contributed by atoms with Gasteiger partial charge in [0.1, 0.15) is 11.2 Å². The maximum Gasteiger partial charge on any atom is 0.412 e. The van der Waals surface area contributed by atoms with E-state index in [0.717, 1.165) is 29.5 Å². The number of hydrogen-bond donors (Lipinski definition) is 3. The van der Waals surface area contributed by atoms with Crippen molar-refractivity contribution in [1.29, 1.82) is 5.41 Å². The molecule has 0 unspecified atom stereocenters. The Morgan fingerprint density at radius 2 is 1.36 bits per heavy atom. The fourth-order valence-electron chi connectivity index (χ4n) is 3.61. The smallest absolute Gasteiger partial charge is 0.412 e.